The molecular weight excluding hydrogens is 346 g/mol. The van der Waals surface area contributed by atoms with Gasteiger partial charge in [0.25, 0.3) is 5.88 Å². The highest BCUT2D eigenvalue weighted by atomic mass is 79.9. The fourth-order valence-corrected chi connectivity index (χ4v) is 2.50. The van der Waals surface area contributed by atoms with E-state index < -0.39 is 0 Å². The highest BCUT2D eigenvalue weighted by Crippen LogP contribution is 2.39. The first-order chi connectivity index (χ1) is 9.55. The number of ether oxygens (including phenoxy) is 3. The minimum absolute atomic E-state index is 0.361. The van der Waals surface area contributed by atoms with Crippen LogP contribution in [0.2, 0.25) is 5.02 Å². The largest absolute Gasteiger partial charge is 0.493 e. The molecule has 0 atom stereocenters. The summed E-state index contributed by atoms with van der Waals surface area (Å²) in [6, 6.07) is 6.97. The van der Waals surface area contributed by atoms with Gasteiger partial charge in [-0.3, -0.25) is 0 Å². The van der Waals surface area contributed by atoms with Crippen LogP contribution >= 0.6 is 27.5 Å². The molecule has 0 saturated carbocycles. The molecule has 0 unspecified atom stereocenters. The van der Waals surface area contributed by atoms with Crippen molar-refractivity contribution >= 4 is 27.5 Å². The molecule has 1 aromatic heterocycles. The van der Waals surface area contributed by atoms with Gasteiger partial charge in [-0.25, -0.2) is 4.98 Å². The van der Waals surface area contributed by atoms with E-state index in [0.717, 1.165) is 10.2 Å². The molecule has 0 amide bonds. The lowest BCUT2D eigenvalue weighted by molar-refractivity contribution is 0.346. The van der Waals surface area contributed by atoms with Gasteiger partial charge in [0, 0.05) is 16.8 Å². The molecule has 2 rings (SSSR count). The van der Waals surface area contributed by atoms with Crippen LogP contribution in [0.5, 0.6) is 23.1 Å². The van der Waals surface area contributed by atoms with Gasteiger partial charge in [-0.1, -0.05) is 11.6 Å². The average Bonchev–Trinajstić information content (AvgIpc) is 2.40. The van der Waals surface area contributed by atoms with Crippen molar-refractivity contribution in [2.24, 2.45) is 0 Å². The fraction of sp³-hybridized carbons (Fsp3) is 0.214. The van der Waals surface area contributed by atoms with Crippen LogP contribution < -0.4 is 14.2 Å². The number of aryl methyl sites for hydroxylation is 1. The van der Waals surface area contributed by atoms with E-state index in [2.05, 4.69) is 20.9 Å². The van der Waals surface area contributed by atoms with E-state index in [4.69, 9.17) is 25.8 Å². The second-order valence-corrected chi connectivity index (χ2v) is 5.27. The lowest BCUT2D eigenvalue weighted by Crippen LogP contribution is -1.97. The van der Waals surface area contributed by atoms with Gasteiger partial charge in [0.1, 0.15) is 0 Å². The minimum atomic E-state index is 0.361. The van der Waals surface area contributed by atoms with Gasteiger partial charge in [-0.15, -0.1) is 0 Å². The van der Waals surface area contributed by atoms with Crippen LogP contribution in [-0.2, 0) is 0 Å². The Bertz CT molecular complexity index is 634. The Labute approximate surface area is 130 Å². The average molecular weight is 359 g/mol. The SMILES string of the molecule is COc1cc(Cl)ccc1Oc1nc(C)cc(Br)c1OC. The van der Waals surface area contributed by atoms with Crippen molar-refractivity contribution in [2.75, 3.05) is 14.2 Å². The number of hydrogen-bond acceptors (Lipinski definition) is 4. The predicted molar refractivity (Wildman–Crippen MR) is 81.3 cm³/mol. The Morgan fingerprint density at radius 2 is 1.85 bits per heavy atom. The Hall–Kier alpha value is -1.46. The first-order valence-electron chi connectivity index (χ1n) is 5.77. The molecular formula is C14H13BrClNO3. The van der Waals surface area contributed by atoms with Crippen molar-refractivity contribution in [3.63, 3.8) is 0 Å². The van der Waals surface area contributed by atoms with E-state index in [0.29, 0.717) is 28.2 Å². The van der Waals surface area contributed by atoms with Crippen molar-refractivity contribution in [1.29, 1.82) is 0 Å². The molecule has 0 bridgehead atoms. The summed E-state index contributed by atoms with van der Waals surface area (Å²) in [6.45, 7) is 1.87. The highest BCUT2D eigenvalue weighted by molar-refractivity contribution is 9.10. The molecule has 0 spiro atoms. The van der Waals surface area contributed by atoms with Crippen molar-refractivity contribution in [1.82, 2.24) is 4.98 Å². The summed E-state index contributed by atoms with van der Waals surface area (Å²) < 4.78 is 17.1. The van der Waals surface area contributed by atoms with Gasteiger partial charge < -0.3 is 14.2 Å². The maximum absolute atomic E-state index is 5.92. The van der Waals surface area contributed by atoms with Crippen molar-refractivity contribution < 1.29 is 14.2 Å². The first-order valence-corrected chi connectivity index (χ1v) is 6.94. The minimum Gasteiger partial charge on any atom is -0.493 e. The van der Waals surface area contributed by atoms with Crippen molar-refractivity contribution in [2.45, 2.75) is 6.92 Å². The summed E-state index contributed by atoms with van der Waals surface area (Å²) in [5.41, 5.74) is 0.806. The predicted octanol–water partition coefficient (Wildman–Crippen LogP) is 4.62. The number of halogens is 2. The summed E-state index contributed by atoms with van der Waals surface area (Å²) in [5.74, 6) is 1.92. The van der Waals surface area contributed by atoms with Crippen LogP contribution in [0.25, 0.3) is 0 Å². The number of benzene rings is 1. The summed E-state index contributed by atoms with van der Waals surface area (Å²) in [6.07, 6.45) is 0. The van der Waals surface area contributed by atoms with Crippen LogP contribution in [0.15, 0.2) is 28.7 Å². The maximum atomic E-state index is 5.92. The number of hydrogen-bond donors (Lipinski definition) is 0. The fourth-order valence-electron chi connectivity index (χ4n) is 1.68. The second kappa shape index (κ2) is 6.33. The molecule has 1 aromatic carbocycles. The maximum Gasteiger partial charge on any atom is 0.264 e. The second-order valence-electron chi connectivity index (χ2n) is 3.98. The van der Waals surface area contributed by atoms with Crippen molar-refractivity contribution in [3.8, 4) is 23.1 Å². The lowest BCUT2D eigenvalue weighted by atomic mass is 10.3. The van der Waals surface area contributed by atoms with E-state index in [1.165, 1.54) is 0 Å². The van der Waals surface area contributed by atoms with Crippen LogP contribution in [0, 0.1) is 6.92 Å². The zero-order chi connectivity index (χ0) is 14.7. The molecule has 0 saturated heterocycles. The standard InChI is InChI=1S/C14H13BrClNO3/c1-8-6-10(15)13(19-3)14(17-8)20-11-5-4-9(16)7-12(11)18-2/h4-7H,1-3H3. The zero-order valence-electron chi connectivity index (χ0n) is 11.2. The third kappa shape index (κ3) is 3.16. The first kappa shape index (κ1) is 14.9. The summed E-state index contributed by atoms with van der Waals surface area (Å²) in [5, 5.41) is 0.569. The Morgan fingerprint density at radius 3 is 2.50 bits per heavy atom. The van der Waals surface area contributed by atoms with Gasteiger partial charge in [0.05, 0.1) is 18.7 Å². The van der Waals surface area contributed by atoms with E-state index in [-0.39, 0.29) is 0 Å². The van der Waals surface area contributed by atoms with Gasteiger partial charge in [0.2, 0.25) is 0 Å². The zero-order valence-corrected chi connectivity index (χ0v) is 13.6. The Kier molecular flexibility index (Phi) is 4.73. The normalized spacial score (nSPS) is 10.2. The number of methoxy groups -OCH3 is 2. The third-order valence-electron chi connectivity index (χ3n) is 2.56. The molecule has 4 nitrogen and oxygen atoms in total. The lowest BCUT2D eigenvalue weighted by Gasteiger charge is -2.13. The molecule has 106 valence electrons. The van der Waals surface area contributed by atoms with Crippen LogP contribution in [0.3, 0.4) is 0 Å². The van der Waals surface area contributed by atoms with Gasteiger partial charge in [0.15, 0.2) is 17.2 Å². The van der Waals surface area contributed by atoms with Crippen LogP contribution in [0.1, 0.15) is 5.69 Å². The molecule has 1 heterocycles. The summed E-state index contributed by atoms with van der Waals surface area (Å²) >= 11 is 9.35. The number of nitrogens with zero attached hydrogens (tertiary/aromatic N) is 1. The highest BCUT2D eigenvalue weighted by Gasteiger charge is 2.15. The molecule has 0 aliphatic rings. The monoisotopic (exact) mass is 357 g/mol. The third-order valence-corrected chi connectivity index (χ3v) is 3.39. The van der Waals surface area contributed by atoms with Crippen molar-refractivity contribution in [3.05, 3.63) is 39.5 Å². The molecule has 0 N–H and O–H groups in total. The van der Waals surface area contributed by atoms with Gasteiger partial charge in [-0.2, -0.15) is 0 Å². The number of rotatable bonds is 4. The van der Waals surface area contributed by atoms with E-state index in [1.807, 2.05) is 13.0 Å². The van der Waals surface area contributed by atoms with Crippen LogP contribution in [-0.4, -0.2) is 19.2 Å². The molecule has 2 aromatic rings. The molecule has 0 fully saturated rings. The number of aromatic nitrogens is 1. The van der Waals surface area contributed by atoms with Gasteiger partial charge >= 0.3 is 0 Å². The Morgan fingerprint density at radius 1 is 1.10 bits per heavy atom. The number of pyridine rings is 1. The van der Waals surface area contributed by atoms with E-state index in [9.17, 15) is 0 Å². The molecule has 0 aliphatic carbocycles. The molecule has 0 radical (unpaired) electrons. The smallest absolute Gasteiger partial charge is 0.264 e. The van der Waals surface area contributed by atoms with E-state index in [1.54, 1.807) is 32.4 Å². The summed E-state index contributed by atoms with van der Waals surface area (Å²) in [4.78, 5) is 4.33. The Balaban J connectivity index is 2.44. The molecule has 20 heavy (non-hydrogen) atoms. The quantitative estimate of drug-likeness (QED) is 0.800. The van der Waals surface area contributed by atoms with E-state index >= 15 is 0 Å². The molecule has 6 heteroatoms. The van der Waals surface area contributed by atoms with Crippen LogP contribution in [0.4, 0.5) is 0 Å². The molecule has 0 aliphatic heterocycles. The van der Waals surface area contributed by atoms with Gasteiger partial charge in [-0.05, 0) is 41.1 Å². The summed E-state index contributed by atoms with van der Waals surface area (Å²) in [7, 11) is 3.11. The topological polar surface area (TPSA) is 40.6 Å².